The molecule has 0 bridgehead atoms. The van der Waals surface area contributed by atoms with E-state index < -0.39 is 0 Å². The fourth-order valence-electron chi connectivity index (χ4n) is 3.51. The second kappa shape index (κ2) is 5.66. The molecule has 1 spiro atoms. The monoisotopic (exact) mass is 338 g/mol. The summed E-state index contributed by atoms with van der Waals surface area (Å²) >= 11 is 3.56. The van der Waals surface area contributed by atoms with Crippen molar-refractivity contribution < 1.29 is 4.74 Å². The van der Waals surface area contributed by atoms with E-state index in [1.165, 1.54) is 18.5 Å². The third-order valence-corrected chi connectivity index (χ3v) is 5.22. The Morgan fingerprint density at radius 3 is 3.00 bits per heavy atom. The smallest absolute Gasteiger partial charge is 0.126 e. The van der Waals surface area contributed by atoms with Crippen LogP contribution in [0.3, 0.4) is 0 Å². The van der Waals surface area contributed by atoms with Crippen LogP contribution in [0.5, 0.6) is 5.75 Å². The molecule has 110 valence electrons. The highest BCUT2D eigenvalue weighted by Gasteiger charge is 2.41. The standard InChI is InChI=1S/C16H23BrN2O/c1-18-14-11-16(6-3-8-19(2)9-7-16)20-15-10-12(17)4-5-13(14)15/h4-5,10,14,18H,3,6-9,11H2,1-2H3. The molecule has 0 radical (unpaired) electrons. The van der Waals surface area contributed by atoms with Crippen LogP contribution in [0.2, 0.25) is 0 Å². The Balaban J connectivity index is 1.92. The van der Waals surface area contributed by atoms with Crippen LogP contribution in [0.4, 0.5) is 0 Å². The number of fused-ring (bicyclic) bond motifs is 1. The van der Waals surface area contributed by atoms with Crippen LogP contribution in [0.15, 0.2) is 22.7 Å². The molecule has 1 N–H and O–H groups in total. The molecular formula is C16H23BrN2O. The summed E-state index contributed by atoms with van der Waals surface area (Å²) in [7, 11) is 4.26. The molecule has 0 saturated carbocycles. The summed E-state index contributed by atoms with van der Waals surface area (Å²) in [6.45, 7) is 2.31. The molecule has 1 aromatic carbocycles. The zero-order valence-corrected chi connectivity index (χ0v) is 13.9. The van der Waals surface area contributed by atoms with Crippen LogP contribution in [0.1, 0.15) is 37.3 Å². The molecule has 3 rings (SSSR count). The molecule has 2 aliphatic heterocycles. The minimum atomic E-state index is 0.00618. The van der Waals surface area contributed by atoms with Gasteiger partial charge in [-0.25, -0.2) is 0 Å². The number of nitrogens with zero attached hydrogens (tertiary/aromatic N) is 1. The van der Waals surface area contributed by atoms with Crippen LogP contribution in [0.25, 0.3) is 0 Å². The topological polar surface area (TPSA) is 24.5 Å². The molecule has 2 atom stereocenters. The van der Waals surface area contributed by atoms with Gasteiger partial charge in [-0.05, 0) is 52.0 Å². The van der Waals surface area contributed by atoms with E-state index in [9.17, 15) is 0 Å². The van der Waals surface area contributed by atoms with Gasteiger partial charge in [0.25, 0.3) is 0 Å². The summed E-state index contributed by atoms with van der Waals surface area (Å²) in [5.74, 6) is 1.05. The summed E-state index contributed by atoms with van der Waals surface area (Å²) in [6, 6.07) is 6.80. The van der Waals surface area contributed by atoms with Gasteiger partial charge in [0.2, 0.25) is 0 Å². The lowest BCUT2D eigenvalue weighted by molar-refractivity contribution is 0.0181. The Labute approximate surface area is 129 Å². The molecule has 2 heterocycles. The molecule has 2 unspecified atom stereocenters. The number of benzene rings is 1. The van der Waals surface area contributed by atoms with Crippen LogP contribution in [-0.2, 0) is 0 Å². The third-order valence-electron chi connectivity index (χ3n) is 4.72. The van der Waals surface area contributed by atoms with Crippen molar-refractivity contribution >= 4 is 15.9 Å². The van der Waals surface area contributed by atoms with E-state index in [-0.39, 0.29) is 5.60 Å². The second-order valence-electron chi connectivity index (χ2n) is 6.17. The van der Waals surface area contributed by atoms with Crippen molar-refractivity contribution in [3.05, 3.63) is 28.2 Å². The van der Waals surface area contributed by atoms with E-state index in [0.29, 0.717) is 6.04 Å². The Kier molecular flexibility index (Phi) is 4.07. The van der Waals surface area contributed by atoms with E-state index in [2.05, 4.69) is 58.4 Å². The van der Waals surface area contributed by atoms with Gasteiger partial charge in [0.05, 0.1) is 0 Å². The lowest BCUT2D eigenvalue weighted by atomic mass is 9.82. The van der Waals surface area contributed by atoms with Gasteiger partial charge in [-0.3, -0.25) is 0 Å². The fourth-order valence-corrected chi connectivity index (χ4v) is 3.85. The maximum Gasteiger partial charge on any atom is 0.126 e. The Morgan fingerprint density at radius 1 is 1.35 bits per heavy atom. The van der Waals surface area contributed by atoms with Gasteiger partial charge in [-0.2, -0.15) is 0 Å². The summed E-state index contributed by atoms with van der Waals surface area (Å²) in [4.78, 5) is 2.42. The van der Waals surface area contributed by atoms with Gasteiger partial charge >= 0.3 is 0 Å². The van der Waals surface area contributed by atoms with Crippen LogP contribution < -0.4 is 10.1 Å². The molecule has 0 amide bonds. The predicted molar refractivity (Wildman–Crippen MR) is 85.3 cm³/mol. The molecule has 2 aliphatic rings. The lowest BCUT2D eigenvalue weighted by Crippen LogP contribution is -2.44. The van der Waals surface area contributed by atoms with E-state index in [1.54, 1.807) is 0 Å². The number of halogens is 1. The molecule has 1 saturated heterocycles. The highest BCUT2D eigenvalue weighted by molar-refractivity contribution is 9.10. The molecule has 0 aliphatic carbocycles. The average Bonchev–Trinajstić information content (AvgIpc) is 2.60. The number of nitrogens with one attached hydrogen (secondary N) is 1. The second-order valence-corrected chi connectivity index (χ2v) is 7.09. The highest BCUT2D eigenvalue weighted by Crippen LogP contribution is 2.44. The van der Waals surface area contributed by atoms with Gasteiger partial charge < -0.3 is 15.0 Å². The Hall–Kier alpha value is -0.580. The summed E-state index contributed by atoms with van der Waals surface area (Å²) in [6.07, 6.45) is 4.57. The van der Waals surface area contributed by atoms with E-state index in [0.717, 1.165) is 36.0 Å². The summed E-state index contributed by atoms with van der Waals surface area (Å²) in [5.41, 5.74) is 1.30. The largest absolute Gasteiger partial charge is 0.487 e. The maximum atomic E-state index is 6.50. The van der Waals surface area contributed by atoms with E-state index in [1.807, 2.05) is 0 Å². The fraction of sp³-hybridized carbons (Fsp3) is 0.625. The van der Waals surface area contributed by atoms with Gasteiger partial charge in [0.15, 0.2) is 0 Å². The van der Waals surface area contributed by atoms with Crippen LogP contribution >= 0.6 is 15.9 Å². The van der Waals surface area contributed by atoms with Crippen molar-refractivity contribution in [1.82, 2.24) is 10.2 Å². The first kappa shape index (κ1) is 14.4. The zero-order chi connectivity index (χ0) is 14.2. The SMILES string of the molecule is CNC1CC2(CCCN(C)CC2)Oc2cc(Br)ccc21. The van der Waals surface area contributed by atoms with Gasteiger partial charge in [0, 0.05) is 29.0 Å². The van der Waals surface area contributed by atoms with Gasteiger partial charge in [-0.1, -0.05) is 22.0 Å². The molecule has 1 fully saturated rings. The molecule has 3 nitrogen and oxygen atoms in total. The molecular weight excluding hydrogens is 316 g/mol. The van der Waals surface area contributed by atoms with Crippen LogP contribution in [-0.4, -0.2) is 37.7 Å². The minimum absolute atomic E-state index is 0.00618. The number of ether oxygens (including phenoxy) is 1. The third kappa shape index (κ3) is 2.74. The lowest BCUT2D eigenvalue weighted by Gasteiger charge is -2.42. The van der Waals surface area contributed by atoms with Crippen LogP contribution in [0, 0.1) is 0 Å². The molecule has 0 aromatic heterocycles. The molecule has 1 aromatic rings. The van der Waals surface area contributed by atoms with Crippen molar-refractivity contribution in [2.24, 2.45) is 0 Å². The first-order valence-electron chi connectivity index (χ1n) is 7.46. The number of hydrogen-bond donors (Lipinski definition) is 1. The first-order chi connectivity index (χ1) is 9.62. The van der Waals surface area contributed by atoms with E-state index >= 15 is 0 Å². The van der Waals surface area contributed by atoms with Crippen molar-refractivity contribution in [3.8, 4) is 5.75 Å². The maximum absolute atomic E-state index is 6.50. The normalized spacial score (nSPS) is 30.6. The zero-order valence-electron chi connectivity index (χ0n) is 12.3. The van der Waals surface area contributed by atoms with Gasteiger partial charge in [-0.15, -0.1) is 0 Å². The quantitative estimate of drug-likeness (QED) is 0.849. The minimum Gasteiger partial charge on any atom is -0.487 e. The Morgan fingerprint density at radius 2 is 2.20 bits per heavy atom. The summed E-state index contributed by atoms with van der Waals surface area (Å²) < 4.78 is 7.60. The number of hydrogen-bond acceptors (Lipinski definition) is 3. The van der Waals surface area contributed by atoms with Crippen molar-refractivity contribution in [3.63, 3.8) is 0 Å². The molecule has 4 heteroatoms. The molecule has 20 heavy (non-hydrogen) atoms. The number of rotatable bonds is 1. The average molecular weight is 339 g/mol. The van der Waals surface area contributed by atoms with Gasteiger partial charge in [0.1, 0.15) is 11.4 Å². The van der Waals surface area contributed by atoms with Crippen molar-refractivity contribution in [2.45, 2.75) is 37.3 Å². The first-order valence-corrected chi connectivity index (χ1v) is 8.25. The summed E-state index contributed by atoms with van der Waals surface area (Å²) in [5, 5.41) is 3.47. The number of likely N-dealkylation sites (tertiary alicyclic amines) is 1. The highest BCUT2D eigenvalue weighted by atomic mass is 79.9. The van der Waals surface area contributed by atoms with Crippen molar-refractivity contribution in [1.29, 1.82) is 0 Å². The van der Waals surface area contributed by atoms with Crippen molar-refractivity contribution in [2.75, 3.05) is 27.2 Å². The Bertz CT molecular complexity index is 493. The van der Waals surface area contributed by atoms with E-state index in [4.69, 9.17) is 4.74 Å². The predicted octanol–water partition coefficient (Wildman–Crippen LogP) is 3.35.